The van der Waals surface area contributed by atoms with Crippen LogP contribution >= 0.6 is 0 Å². The van der Waals surface area contributed by atoms with Crippen molar-refractivity contribution in [2.75, 3.05) is 0 Å². The molecule has 0 bridgehead atoms. The summed E-state index contributed by atoms with van der Waals surface area (Å²) < 4.78 is 8.02. The molecule has 3 heterocycles. The standard InChI is InChI=1S/C18H15N3O/c1-13-11-19-7-6-15(13)12-21-9-8-20-18(21)17-10-14-4-2-3-5-16(14)22-17/h2-11H,12H2,1H3. The van der Waals surface area contributed by atoms with Crippen LogP contribution in [0.4, 0.5) is 0 Å². The van der Waals surface area contributed by atoms with E-state index in [0.29, 0.717) is 0 Å². The molecule has 0 amide bonds. The Bertz CT molecular complexity index is 903. The predicted molar refractivity (Wildman–Crippen MR) is 85.5 cm³/mol. The van der Waals surface area contributed by atoms with E-state index in [2.05, 4.69) is 21.5 Å². The first-order valence-electron chi connectivity index (χ1n) is 7.21. The van der Waals surface area contributed by atoms with Crippen molar-refractivity contribution in [2.24, 2.45) is 0 Å². The monoisotopic (exact) mass is 289 g/mol. The van der Waals surface area contributed by atoms with Crippen molar-refractivity contribution in [3.05, 3.63) is 72.3 Å². The van der Waals surface area contributed by atoms with Gasteiger partial charge in [-0.2, -0.15) is 0 Å². The van der Waals surface area contributed by atoms with Gasteiger partial charge in [0, 0.05) is 36.7 Å². The summed E-state index contributed by atoms with van der Waals surface area (Å²) in [5.41, 5.74) is 3.28. The predicted octanol–water partition coefficient (Wildman–Crippen LogP) is 4.05. The fraction of sp³-hybridized carbons (Fsp3) is 0.111. The van der Waals surface area contributed by atoms with E-state index in [1.165, 1.54) is 11.1 Å². The Balaban J connectivity index is 1.75. The van der Waals surface area contributed by atoms with E-state index < -0.39 is 0 Å². The summed E-state index contributed by atoms with van der Waals surface area (Å²) in [6, 6.07) is 12.1. The second-order valence-electron chi connectivity index (χ2n) is 5.33. The maximum Gasteiger partial charge on any atom is 0.176 e. The number of para-hydroxylation sites is 1. The highest BCUT2D eigenvalue weighted by Gasteiger charge is 2.12. The summed E-state index contributed by atoms with van der Waals surface area (Å²) in [6.07, 6.45) is 7.48. The average Bonchev–Trinajstić information content (AvgIpc) is 3.15. The van der Waals surface area contributed by atoms with Crippen molar-refractivity contribution in [3.63, 3.8) is 0 Å². The lowest BCUT2D eigenvalue weighted by Gasteiger charge is -2.08. The Morgan fingerprint density at radius 2 is 2.05 bits per heavy atom. The van der Waals surface area contributed by atoms with Gasteiger partial charge in [0.1, 0.15) is 5.58 Å². The van der Waals surface area contributed by atoms with E-state index in [0.717, 1.165) is 29.1 Å². The number of nitrogens with zero attached hydrogens (tertiary/aromatic N) is 3. The Hall–Kier alpha value is -2.88. The molecule has 0 aliphatic rings. The SMILES string of the molecule is Cc1cnccc1Cn1ccnc1-c1cc2ccccc2o1. The molecule has 0 radical (unpaired) electrons. The fourth-order valence-electron chi connectivity index (χ4n) is 2.62. The maximum atomic E-state index is 5.93. The van der Waals surface area contributed by atoms with Crippen molar-refractivity contribution in [2.45, 2.75) is 13.5 Å². The van der Waals surface area contributed by atoms with Gasteiger partial charge in [0.15, 0.2) is 11.6 Å². The minimum atomic E-state index is 0.751. The quantitative estimate of drug-likeness (QED) is 0.571. The second kappa shape index (κ2) is 5.15. The molecule has 4 heteroatoms. The summed E-state index contributed by atoms with van der Waals surface area (Å²) in [4.78, 5) is 8.60. The number of aryl methyl sites for hydroxylation is 1. The number of furan rings is 1. The van der Waals surface area contributed by atoms with Crippen molar-refractivity contribution in [1.29, 1.82) is 0 Å². The Labute approximate surface area is 128 Å². The lowest BCUT2D eigenvalue weighted by atomic mass is 10.1. The molecule has 0 spiro atoms. The summed E-state index contributed by atoms with van der Waals surface area (Å²) in [5.74, 6) is 1.63. The molecule has 0 saturated carbocycles. The minimum Gasteiger partial charge on any atom is -0.453 e. The third kappa shape index (κ3) is 2.19. The summed E-state index contributed by atoms with van der Waals surface area (Å²) in [5, 5.41) is 1.09. The molecule has 4 rings (SSSR count). The second-order valence-corrected chi connectivity index (χ2v) is 5.33. The Morgan fingerprint density at radius 1 is 1.14 bits per heavy atom. The minimum absolute atomic E-state index is 0.751. The molecule has 4 aromatic rings. The van der Waals surface area contributed by atoms with Crippen LogP contribution in [0.2, 0.25) is 0 Å². The molecular weight excluding hydrogens is 274 g/mol. The van der Waals surface area contributed by atoms with Crippen LogP contribution in [0.5, 0.6) is 0 Å². The van der Waals surface area contributed by atoms with Gasteiger partial charge in [-0.3, -0.25) is 4.98 Å². The van der Waals surface area contributed by atoms with Crippen molar-refractivity contribution >= 4 is 11.0 Å². The number of hydrogen-bond donors (Lipinski definition) is 0. The normalized spacial score (nSPS) is 11.1. The molecule has 0 N–H and O–H groups in total. The van der Waals surface area contributed by atoms with E-state index in [4.69, 9.17) is 4.42 Å². The van der Waals surface area contributed by atoms with Crippen molar-refractivity contribution < 1.29 is 4.42 Å². The summed E-state index contributed by atoms with van der Waals surface area (Å²) in [6.45, 7) is 2.82. The molecule has 0 unspecified atom stereocenters. The summed E-state index contributed by atoms with van der Waals surface area (Å²) >= 11 is 0. The fourth-order valence-corrected chi connectivity index (χ4v) is 2.62. The van der Waals surface area contributed by atoms with Gasteiger partial charge in [0.2, 0.25) is 0 Å². The van der Waals surface area contributed by atoms with E-state index in [1.807, 2.05) is 55.0 Å². The van der Waals surface area contributed by atoms with Crippen molar-refractivity contribution in [1.82, 2.24) is 14.5 Å². The van der Waals surface area contributed by atoms with Gasteiger partial charge >= 0.3 is 0 Å². The highest BCUT2D eigenvalue weighted by atomic mass is 16.3. The van der Waals surface area contributed by atoms with Crippen LogP contribution in [-0.2, 0) is 6.54 Å². The number of aromatic nitrogens is 3. The van der Waals surface area contributed by atoms with Crippen LogP contribution in [0.15, 0.2) is 65.6 Å². The lowest BCUT2D eigenvalue weighted by Crippen LogP contribution is -2.02. The van der Waals surface area contributed by atoms with Gasteiger partial charge in [-0.05, 0) is 36.2 Å². The smallest absolute Gasteiger partial charge is 0.176 e. The molecule has 0 aliphatic heterocycles. The van der Waals surface area contributed by atoms with Gasteiger partial charge in [0.25, 0.3) is 0 Å². The molecule has 22 heavy (non-hydrogen) atoms. The van der Waals surface area contributed by atoms with Crippen LogP contribution in [0.3, 0.4) is 0 Å². The molecular formula is C18H15N3O. The van der Waals surface area contributed by atoms with E-state index in [9.17, 15) is 0 Å². The maximum absolute atomic E-state index is 5.93. The zero-order chi connectivity index (χ0) is 14.9. The lowest BCUT2D eigenvalue weighted by molar-refractivity contribution is 0.616. The number of fused-ring (bicyclic) bond motifs is 1. The van der Waals surface area contributed by atoms with Gasteiger partial charge in [-0.1, -0.05) is 18.2 Å². The Morgan fingerprint density at radius 3 is 2.91 bits per heavy atom. The number of pyridine rings is 1. The van der Waals surface area contributed by atoms with Crippen LogP contribution in [0.25, 0.3) is 22.6 Å². The number of hydrogen-bond acceptors (Lipinski definition) is 3. The van der Waals surface area contributed by atoms with E-state index in [1.54, 1.807) is 6.20 Å². The molecule has 0 aliphatic carbocycles. The number of rotatable bonds is 3. The Kier molecular flexibility index (Phi) is 3.00. The first kappa shape index (κ1) is 12.8. The van der Waals surface area contributed by atoms with E-state index in [-0.39, 0.29) is 0 Å². The van der Waals surface area contributed by atoms with Gasteiger partial charge < -0.3 is 8.98 Å². The molecule has 0 fully saturated rings. The van der Waals surface area contributed by atoms with E-state index >= 15 is 0 Å². The topological polar surface area (TPSA) is 43.9 Å². The molecule has 1 aromatic carbocycles. The highest BCUT2D eigenvalue weighted by molar-refractivity contribution is 5.81. The zero-order valence-corrected chi connectivity index (χ0v) is 12.2. The third-order valence-corrected chi connectivity index (χ3v) is 3.84. The zero-order valence-electron chi connectivity index (χ0n) is 12.2. The van der Waals surface area contributed by atoms with Gasteiger partial charge in [-0.25, -0.2) is 4.98 Å². The van der Waals surface area contributed by atoms with Crippen LogP contribution in [0, 0.1) is 6.92 Å². The number of imidazole rings is 1. The average molecular weight is 289 g/mol. The van der Waals surface area contributed by atoms with Crippen molar-refractivity contribution in [3.8, 4) is 11.6 Å². The molecule has 4 nitrogen and oxygen atoms in total. The largest absolute Gasteiger partial charge is 0.453 e. The van der Waals surface area contributed by atoms with Gasteiger partial charge in [0.05, 0.1) is 0 Å². The third-order valence-electron chi connectivity index (χ3n) is 3.84. The first-order valence-corrected chi connectivity index (χ1v) is 7.21. The van der Waals surface area contributed by atoms with Gasteiger partial charge in [-0.15, -0.1) is 0 Å². The van der Waals surface area contributed by atoms with Crippen LogP contribution in [-0.4, -0.2) is 14.5 Å². The molecule has 3 aromatic heterocycles. The molecule has 0 atom stereocenters. The molecule has 0 saturated heterocycles. The first-order chi connectivity index (χ1) is 10.8. The number of benzene rings is 1. The highest BCUT2D eigenvalue weighted by Crippen LogP contribution is 2.27. The van der Waals surface area contributed by atoms with Crippen LogP contribution < -0.4 is 0 Å². The molecule has 108 valence electrons. The summed E-state index contributed by atoms with van der Waals surface area (Å²) in [7, 11) is 0. The van der Waals surface area contributed by atoms with Crippen LogP contribution in [0.1, 0.15) is 11.1 Å².